The lowest BCUT2D eigenvalue weighted by Gasteiger charge is -2.06. The average Bonchev–Trinajstić information content (AvgIpc) is 2.39. The summed E-state index contributed by atoms with van der Waals surface area (Å²) in [5, 5.41) is 14.2. The van der Waals surface area contributed by atoms with Gasteiger partial charge in [-0.2, -0.15) is 0 Å². The molecule has 12 heavy (non-hydrogen) atoms. The van der Waals surface area contributed by atoms with Crippen LogP contribution in [-0.4, -0.2) is 17.1 Å². The molecular formula is C7H10ClNO2S. The number of hydrogen-bond acceptors (Lipinski definition) is 3. The van der Waals surface area contributed by atoms with E-state index in [0.717, 1.165) is 5.00 Å². The average molecular weight is 208 g/mol. The van der Waals surface area contributed by atoms with Gasteiger partial charge in [0.25, 0.3) is 0 Å². The van der Waals surface area contributed by atoms with Gasteiger partial charge in [0.15, 0.2) is 0 Å². The highest BCUT2D eigenvalue weighted by Crippen LogP contribution is 2.15. The largest absolute Gasteiger partial charge is 0.480 e. The Morgan fingerprint density at radius 2 is 2.42 bits per heavy atom. The maximum absolute atomic E-state index is 10.4. The lowest BCUT2D eigenvalue weighted by molar-refractivity contribution is -0.137. The van der Waals surface area contributed by atoms with Crippen molar-refractivity contribution >= 4 is 34.7 Å². The van der Waals surface area contributed by atoms with Crippen molar-refractivity contribution in [2.75, 3.05) is 5.32 Å². The Hall–Kier alpha value is -0.740. The van der Waals surface area contributed by atoms with Crippen molar-refractivity contribution in [3.63, 3.8) is 0 Å². The van der Waals surface area contributed by atoms with Gasteiger partial charge in [0.05, 0.1) is 5.00 Å². The smallest absolute Gasteiger partial charge is 0.325 e. The Kier molecular flexibility index (Phi) is 4.70. The molecule has 5 heteroatoms. The van der Waals surface area contributed by atoms with Gasteiger partial charge in [-0.3, -0.25) is 4.79 Å². The van der Waals surface area contributed by atoms with Crippen molar-refractivity contribution < 1.29 is 9.90 Å². The van der Waals surface area contributed by atoms with Crippen LogP contribution in [0.4, 0.5) is 5.00 Å². The molecule has 1 aromatic heterocycles. The number of rotatable bonds is 3. The van der Waals surface area contributed by atoms with Gasteiger partial charge in [-0.25, -0.2) is 0 Å². The zero-order valence-corrected chi connectivity index (χ0v) is 8.11. The van der Waals surface area contributed by atoms with E-state index in [2.05, 4.69) is 5.32 Å². The second-order valence-corrected chi connectivity index (χ2v) is 3.13. The van der Waals surface area contributed by atoms with E-state index in [9.17, 15) is 4.79 Å². The third-order valence-electron chi connectivity index (χ3n) is 1.25. The Bertz CT molecular complexity index is 238. The topological polar surface area (TPSA) is 49.3 Å². The molecule has 1 aromatic rings. The first-order chi connectivity index (χ1) is 5.20. The lowest BCUT2D eigenvalue weighted by Crippen LogP contribution is -2.24. The van der Waals surface area contributed by atoms with Crippen molar-refractivity contribution in [1.82, 2.24) is 0 Å². The molecule has 2 N–H and O–H groups in total. The minimum atomic E-state index is -0.835. The first-order valence-electron chi connectivity index (χ1n) is 3.23. The van der Waals surface area contributed by atoms with E-state index < -0.39 is 12.0 Å². The van der Waals surface area contributed by atoms with Crippen LogP contribution in [0.15, 0.2) is 17.5 Å². The summed E-state index contributed by atoms with van der Waals surface area (Å²) in [5.41, 5.74) is 0. The molecule has 0 fully saturated rings. The molecule has 68 valence electrons. The molecule has 0 radical (unpaired) electrons. The highest BCUT2D eigenvalue weighted by Gasteiger charge is 2.09. The van der Waals surface area contributed by atoms with Gasteiger partial charge in [-0.15, -0.1) is 23.7 Å². The van der Waals surface area contributed by atoms with Crippen LogP contribution >= 0.6 is 23.7 Å². The van der Waals surface area contributed by atoms with E-state index in [4.69, 9.17) is 5.11 Å². The highest BCUT2D eigenvalue weighted by atomic mass is 35.5. The van der Waals surface area contributed by atoms with Crippen molar-refractivity contribution in [2.45, 2.75) is 13.0 Å². The fourth-order valence-corrected chi connectivity index (χ4v) is 1.34. The second kappa shape index (κ2) is 5.00. The zero-order chi connectivity index (χ0) is 8.27. The van der Waals surface area contributed by atoms with Gasteiger partial charge in [-0.1, -0.05) is 0 Å². The van der Waals surface area contributed by atoms with Crippen LogP contribution in [0.3, 0.4) is 0 Å². The number of carbonyl (C=O) groups is 1. The molecule has 0 aliphatic rings. The van der Waals surface area contributed by atoms with Crippen molar-refractivity contribution in [2.24, 2.45) is 0 Å². The van der Waals surface area contributed by atoms with E-state index in [-0.39, 0.29) is 12.4 Å². The van der Waals surface area contributed by atoms with Gasteiger partial charge in [0.1, 0.15) is 6.04 Å². The number of thiophene rings is 1. The quantitative estimate of drug-likeness (QED) is 0.798. The molecule has 1 atom stereocenters. The van der Waals surface area contributed by atoms with Crippen LogP contribution in [0.2, 0.25) is 0 Å². The zero-order valence-electron chi connectivity index (χ0n) is 6.48. The second-order valence-electron chi connectivity index (χ2n) is 2.18. The predicted octanol–water partition coefficient (Wildman–Crippen LogP) is 2.05. The molecule has 0 aliphatic carbocycles. The third kappa shape index (κ3) is 3.11. The molecular weight excluding hydrogens is 198 g/mol. The molecule has 0 aromatic carbocycles. The maximum atomic E-state index is 10.4. The molecule has 0 aliphatic heterocycles. The van der Waals surface area contributed by atoms with Crippen LogP contribution in [0.1, 0.15) is 6.92 Å². The third-order valence-corrected chi connectivity index (χ3v) is 2.05. The van der Waals surface area contributed by atoms with Crippen LogP contribution < -0.4 is 5.32 Å². The van der Waals surface area contributed by atoms with Gasteiger partial charge in [-0.05, 0) is 24.4 Å². The first kappa shape index (κ1) is 11.3. The fourth-order valence-electron chi connectivity index (χ4n) is 0.636. The number of carboxylic acids is 1. The Morgan fingerprint density at radius 1 is 1.75 bits per heavy atom. The number of carboxylic acid groups (broad SMARTS) is 1. The molecule has 1 rings (SSSR count). The fraction of sp³-hybridized carbons (Fsp3) is 0.286. The van der Waals surface area contributed by atoms with Crippen molar-refractivity contribution in [3.05, 3.63) is 17.5 Å². The van der Waals surface area contributed by atoms with Crippen LogP contribution in [-0.2, 0) is 4.79 Å². The van der Waals surface area contributed by atoms with E-state index >= 15 is 0 Å². The summed E-state index contributed by atoms with van der Waals surface area (Å²) >= 11 is 1.49. The summed E-state index contributed by atoms with van der Waals surface area (Å²) in [7, 11) is 0. The van der Waals surface area contributed by atoms with Crippen LogP contribution in [0.5, 0.6) is 0 Å². The van der Waals surface area contributed by atoms with E-state index in [1.807, 2.05) is 17.5 Å². The minimum absolute atomic E-state index is 0. The van der Waals surface area contributed by atoms with Crippen molar-refractivity contribution in [3.8, 4) is 0 Å². The Balaban J connectivity index is 0.00000121. The first-order valence-corrected chi connectivity index (χ1v) is 4.11. The van der Waals surface area contributed by atoms with E-state index in [1.165, 1.54) is 11.3 Å². The number of aliphatic carboxylic acids is 1. The van der Waals surface area contributed by atoms with Crippen LogP contribution in [0, 0.1) is 0 Å². The number of anilines is 1. The summed E-state index contributed by atoms with van der Waals surface area (Å²) in [6, 6.07) is 3.21. The van der Waals surface area contributed by atoms with Gasteiger partial charge in [0.2, 0.25) is 0 Å². The monoisotopic (exact) mass is 207 g/mol. The van der Waals surface area contributed by atoms with Crippen LogP contribution in [0.25, 0.3) is 0 Å². The molecule has 0 unspecified atom stereocenters. The summed E-state index contributed by atoms with van der Waals surface area (Å²) in [6.07, 6.45) is 0. The number of nitrogens with one attached hydrogen (secondary N) is 1. The highest BCUT2D eigenvalue weighted by molar-refractivity contribution is 7.14. The summed E-state index contributed by atoms with van der Waals surface area (Å²) in [4.78, 5) is 10.4. The summed E-state index contributed by atoms with van der Waals surface area (Å²) in [6.45, 7) is 1.61. The molecule has 0 bridgehead atoms. The van der Waals surface area contributed by atoms with Crippen molar-refractivity contribution in [1.29, 1.82) is 0 Å². The maximum Gasteiger partial charge on any atom is 0.325 e. The Labute approximate surface area is 80.8 Å². The standard InChI is InChI=1S/C7H9NO2S.ClH/c1-5(7(9)10)8-6-3-2-4-11-6;/h2-5,8H,1H3,(H,9,10);1H/t5-;/m0./s1. The lowest BCUT2D eigenvalue weighted by atomic mass is 10.3. The molecule has 0 saturated carbocycles. The van der Waals surface area contributed by atoms with E-state index in [0.29, 0.717) is 0 Å². The number of hydrogen-bond donors (Lipinski definition) is 2. The molecule has 1 heterocycles. The summed E-state index contributed by atoms with van der Waals surface area (Å²) < 4.78 is 0. The predicted molar refractivity (Wildman–Crippen MR) is 52.3 cm³/mol. The Morgan fingerprint density at radius 3 is 2.83 bits per heavy atom. The van der Waals surface area contributed by atoms with Gasteiger partial charge < -0.3 is 10.4 Å². The molecule has 3 nitrogen and oxygen atoms in total. The van der Waals surface area contributed by atoms with Gasteiger partial charge >= 0.3 is 5.97 Å². The van der Waals surface area contributed by atoms with Gasteiger partial charge in [0, 0.05) is 0 Å². The summed E-state index contributed by atoms with van der Waals surface area (Å²) in [5.74, 6) is -0.835. The molecule has 0 saturated heterocycles. The number of halogens is 1. The molecule has 0 spiro atoms. The minimum Gasteiger partial charge on any atom is -0.480 e. The molecule has 0 amide bonds. The SMILES string of the molecule is C[C@H](Nc1cccs1)C(=O)O.Cl. The van der Waals surface area contributed by atoms with E-state index in [1.54, 1.807) is 6.92 Å². The normalized spacial score (nSPS) is 11.4.